The van der Waals surface area contributed by atoms with Gasteiger partial charge in [0.05, 0.1) is 18.7 Å². The highest BCUT2D eigenvalue weighted by atomic mass is 35.5. The van der Waals surface area contributed by atoms with Crippen LogP contribution in [0.15, 0.2) is 113 Å². The van der Waals surface area contributed by atoms with E-state index in [9.17, 15) is 14.7 Å². The lowest BCUT2D eigenvalue weighted by Gasteiger charge is -2.22. The maximum atomic E-state index is 13.6. The maximum absolute atomic E-state index is 13.6. The molecule has 5 aromatic rings. The molecule has 1 aromatic heterocycles. The molecule has 1 aliphatic heterocycles. The van der Waals surface area contributed by atoms with Gasteiger partial charge in [-0.05, 0) is 59.2 Å². The van der Waals surface area contributed by atoms with Gasteiger partial charge in [0, 0.05) is 16.3 Å². The topological polar surface area (TPSA) is 102 Å². The van der Waals surface area contributed by atoms with Crippen molar-refractivity contribution in [1.29, 1.82) is 0 Å². The lowest BCUT2D eigenvalue weighted by Crippen LogP contribution is -2.29. The zero-order valence-corrected chi connectivity index (χ0v) is 26.3. The predicted molar refractivity (Wildman–Crippen MR) is 176 cm³/mol. The van der Waals surface area contributed by atoms with Gasteiger partial charge >= 0.3 is 5.91 Å². The largest absolute Gasteiger partial charge is 0.507 e. The van der Waals surface area contributed by atoms with Gasteiger partial charge in [0.25, 0.3) is 5.78 Å². The van der Waals surface area contributed by atoms with Crippen LogP contribution in [0, 0.1) is 0 Å². The lowest BCUT2D eigenvalue weighted by atomic mass is 9.95. The Balaban J connectivity index is 1.34. The number of nitrogens with zero attached hydrogens (tertiary/aromatic N) is 3. The quantitative estimate of drug-likeness (QED) is 0.0537. The van der Waals surface area contributed by atoms with Crippen LogP contribution in [0.25, 0.3) is 5.76 Å². The van der Waals surface area contributed by atoms with Gasteiger partial charge in [-0.3, -0.25) is 14.5 Å². The van der Waals surface area contributed by atoms with Crippen molar-refractivity contribution in [1.82, 2.24) is 10.2 Å². The van der Waals surface area contributed by atoms with Crippen molar-refractivity contribution in [3.05, 3.63) is 136 Å². The van der Waals surface area contributed by atoms with E-state index in [4.69, 9.17) is 21.1 Å². The minimum absolute atomic E-state index is 0.0522. The molecule has 226 valence electrons. The van der Waals surface area contributed by atoms with Crippen molar-refractivity contribution in [2.24, 2.45) is 0 Å². The van der Waals surface area contributed by atoms with E-state index in [2.05, 4.69) is 10.2 Å². The summed E-state index contributed by atoms with van der Waals surface area (Å²) in [6.07, 6.45) is 0. The number of anilines is 1. The maximum Gasteiger partial charge on any atom is 0.301 e. The van der Waals surface area contributed by atoms with Crippen molar-refractivity contribution in [2.45, 2.75) is 22.7 Å². The molecule has 0 spiro atoms. The van der Waals surface area contributed by atoms with Crippen LogP contribution in [0.3, 0.4) is 0 Å². The number of aromatic nitrogens is 2. The molecule has 0 aliphatic carbocycles. The number of carbonyl (C=O) groups is 2. The highest BCUT2D eigenvalue weighted by Gasteiger charge is 2.48. The summed E-state index contributed by atoms with van der Waals surface area (Å²) in [5.74, 6) is -0.172. The lowest BCUT2D eigenvalue weighted by molar-refractivity contribution is -0.132. The number of hydrogen-bond acceptors (Lipinski definition) is 9. The highest BCUT2D eigenvalue weighted by molar-refractivity contribution is 8.00. The van der Waals surface area contributed by atoms with Gasteiger partial charge in [0.2, 0.25) is 5.13 Å². The molecule has 1 aliphatic rings. The molecule has 1 atom stereocenters. The van der Waals surface area contributed by atoms with E-state index in [0.717, 1.165) is 11.1 Å². The fourth-order valence-corrected chi connectivity index (χ4v) is 7.00. The first-order chi connectivity index (χ1) is 21.9. The average molecular weight is 656 g/mol. The molecule has 1 unspecified atom stereocenters. The third-order valence-corrected chi connectivity index (χ3v) is 9.64. The van der Waals surface area contributed by atoms with E-state index in [-0.39, 0.29) is 16.5 Å². The van der Waals surface area contributed by atoms with Gasteiger partial charge in [-0.2, -0.15) is 0 Å². The first-order valence-corrected chi connectivity index (χ1v) is 16.0. The Hall–Kier alpha value is -4.64. The smallest absolute Gasteiger partial charge is 0.301 e. The molecule has 0 saturated carbocycles. The molecule has 6 rings (SSSR count). The van der Waals surface area contributed by atoms with Crippen LogP contribution in [0.1, 0.15) is 28.3 Å². The van der Waals surface area contributed by atoms with E-state index >= 15 is 0 Å². The van der Waals surface area contributed by atoms with E-state index in [0.29, 0.717) is 44.3 Å². The molecule has 0 bridgehead atoms. The number of rotatable bonds is 10. The SMILES string of the molecule is COc1ccc(/C(O)=C2/C(=O)C(=O)N(c3nnc(SCc4ccccc4Cl)s3)C2c2ccc(OCc3ccccc3)cc2)cc1. The van der Waals surface area contributed by atoms with Gasteiger partial charge < -0.3 is 14.6 Å². The fraction of sp³-hybridized carbons (Fsp3) is 0.118. The van der Waals surface area contributed by atoms with Gasteiger partial charge in [0.15, 0.2) is 4.34 Å². The number of aliphatic hydroxyl groups is 1. The summed E-state index contributed by atoms with van der Waals surface area (Å²) in [4.78, 5) is 28.5. The fourth-order valence-electron chi connectivity index (χ4n) is 4.85. The number of amides is 1. The van der Waals surface area contributed by atoms with Crippen molar-refractivity contribution in [3.63, 3.8) is 0 Å². The summed E-state index contributed by atoms with van der Waals surface area (Å²) in [5, 5.41) is 20.9. The summed E-state index contributed by atoms with van der Waals surface area (Å²) in [6, 6.07) is 30.1. The predicted octanol–water partition coefficient (Wildman–Crippen LogP) is 7.70. The Morgan fingerprint density at radius 2 is 1.60 bits per heavy atom. The van der Waals surface area contributed by atoms with E-state index in [1.165, 1.54) is 35.1 Å². The number of hydrogen-bond donors (Lipinski definition) is 1. The van der Waals surface area contributed by atoms with Gasteiger partial charge in [-0.25, -0.2) is 0 Å². The molecule has 11 heteroatoms. The normalized spacial score (nSPS) is 15.8. The summed E-state index contributed by atoms with van der Waals surface area (Å²) in [6.45, 7) is 0.384. The molecule has 2 heterocycles. The second kappa shape index (κ2) is 13.6. The van der Waals surface area contributed by atoms with Crippen LogP contribution in [-0.4, -0.2) is 34.1 Å². The van der Waals surface area contributed by atoms with Gasteiger partial charge in [0.1, 0.15) is 23.9 Å². The molecule has 4 aromatic carbocycles. The summed E-state index contributed by atoms with van der Waals surface area (Å²) in [7, 11) is 1.54. The average Bonchev–Trinajstić information content (AvgIpc) is 3.65. The Morgan fingerprint density at radius 1 is 0.911 bits per heavy atom. The molecular formula is C34H26ClN3O5S2. The highest BCUT2D eigenvalue weighted by Crippen LogP contribution is 2.44. The Labute approximate surface area is 272 Å². The minimum atomic E-state index is -0.954. The minimum Gasteiger partial charge on any atom is -0.507 e. The number of halogens is 1. The molecule has 8 nitrogen and oxygen atoms in total. The zero-order chi connectivity index (χ0) is 31.3. The monoisotopic (exact) mass is 655 g/mol. The first kappa shape index (κ1) is 30.4. The Bertz CT molecular complexity index is 1860. The number of aliphatic hydroxyl groups excluding tert-OH is 1. The number of Topliss-reactive ketones (excluding diaryl/α,β-unsaturated/α-hetero) is 1. The molecular weight excluding hydrogens is 630 g/mol. The van der Waals surface area contributed by atoms with Crippen molar-refractivity contribution >= 4 is 57.3 Å². The van der Waals surface area contributed by atoms with Crippen LogP contribution in [0.2, 0.25) is 5.02 Å². The standard InChI is InChI=1S/C34H26ClN3O5S2/c1-42-25-15-13-23(14-16-25)30(39)28-29(22-11-17-26(18-12-22)43-19-21-7-3-2-4-8-21)38(32(41)31(28)40)33-36-37-34(45-33)44-20-24-9-5-6-10-27(24)35/h2-18,29,39H,19-20H2,1H3/b30-28-. The number of benzene rings is 4. The molecule has 1 saturated heterocycles. The molecule has 1 N–H and O–H groups in total. The number of carbonyl (C=O) groups excluding carboxylic acids is 2. The van der Waals surface area contributed by atoms with Gasteiger partial charge in [-0.15, -0.1) is 10.2 Å². The van der Waals surface area contributed by atoms with Gasteiger partial charge in [-0.1, -0.05) is 95.4 Å². The van der Waals surface area contributed by atoms with Crippen molar-refractivity contribution in [2.75, 3.05) is 12.0 Å². The van der Waals surface area contributed by atoms with Crippen molar-refractivity contribution in [3.8, 4) is 11.5 Å². The molecule has 45 heavy (non-hydrogen) atoms. The van der Waals surface area contributed by atoms with Crippen LogP contribution < -0.4 is 14.4 Å². The van der Waals surface area contributed by atoms with Crippen LogP contribution in [0.5, 0.6) is 11.5 Å². The summed E-state index contributed by atoms with van der Waals surface area (Å²) >= 11 is 8.93. The molecule has 1 fully saturated rings. The Kier molecular flexibility index (Phi) is 9.16. The number of thioether (sulfide) groups is 1. The summed E-state index contributed by atoms with van der Waals surface area (Å²) in [5.41, 5.74) is 2.87. The second-order valence-corrected chi connectivity index (χ2v) is 12.6. The number of ketones is 1. The van der Waals surface area contributed by atoms with Crippen LogP contribution >= 0.6 is 34.7 Å². The summed E-state index contributed by atoms with van der Waals surface area (Å²) < 4.78 is 11.8. The van der Waals surface area contributed by atoms with E-state index in [1.54, 1.807) is 48.5 Å². The first-order valence-electron chi connectivity index (χ1n) is 13.8. The second-order valence-electron chi connectivity index (χ2n) is 9.97. The Morgan fingerprint density at radius 3 is 2.31 bits per heavy atom. The van der Waals surface area contributed by atoms with Crippen molar-refractivity contribution < 1.29 is 24.2 Å². The molecule has 0 radical (unpaired) electrons. The van der Waals surface area contributed by atoms with Crippen LogP contribution in [0.4, 0.5) is 5.13 Å². The number of ether oxygens (including phenoxy) is 2. The molecule has 1 amide bonds. The van der Waals surface area contributed by atoms with Crippen LogP contribution in [-0.2, 0) is 21.9 Å². The van der Waals surface area contributed by atoms with E-state index in [1.807, 2.05) is 54.6 Å². The van der Waals surface area contributed by atoms with E-state index < -0.39 is 17.7 Å². The third kappa shape index (κ3) is 6.58. The zero-order valence-electron chi connectivity index (χ0n) is 23.9. The third-order valence-electron chi connectivity index (χ3n) is 7.16. The number of methoxy groups -OCH3 is 1.